The number of benzene rings is 1. The van der Waals surface area contributed by atoms with Gasteiger partial charge in [-0.1, -0.05) is 50.5 Å². The second-order valence-corrected chi connectivity index (χ2v) is 5.94. The van der Waals surface area contributed by atoms with Gasteiger partial charge >= 0.3 is 0 Å². The third-order valence-corrected chi connectivity index (χ3v) is 4.43. The van der Waals surface area contributed by atoms with Crippen molar-refractivity contribution >= 4 is 17.2 Å². The van der Waals surface area contributed by atoms with Crippen molar-refractivity contribution in [3.63, 3.8) is 0 Å². The van der Waals surface area contributed by atoms with Gasteiger partial charge in [-0.25, -0.2) is 4.39 Å². The number of rotatable bonds is 5. The zero-order valence-electron chi connectivity index (χ0n) is 12.1. The van der Waals surface area contributed by atoms with Gasteiger partial charge in [0.15, 0.2) is 0 Å². The van der Waals surface area contributed by atoms with Crippen LogP contribution in [0.4, 0.5) is 4.39 Å². The van der Waals surface area contributed by atoms with E-state index in [2.05, 4.69) is 11.8 Å². The molecule has 110 valence electrons. The lowest BCUT2D eigenvalue weighted by molar-refractivity contribution is 0.154. The maximum atomic E-state index is 14.4. The molecule has 0 atom stereocenters. The van der Waals surface area contributed by atoms with Crippen LogP contribution in [0.2, 0.25) is 0 Å². The molecule has 0 amide bonds. The maximum Gasteiger partial charge on any atom is 0.137 e. The smallest absolute Gasteiger partial charge is 0.137 e. The van der Waals surface area contributed by atoms with E-state index in [4.69, 9.17) is 18.0 Å². The van der Waals surface area contributed by atoms with E-state index >= 15 is 0 Å². The summed E-state index contributed by atoms with van der Waals surface area (Å²) in [5.74, 6) is -0.255. The summed E-state index contributed by atoms with van der Waals surface area (Å²) in [5.41, 5.74) is 6.62. The van der Waals surface area contributed by atoms with Gasteiger partial charge in [-0.2, -0.15) is 0 Å². The average molecular weight is 294 g/mol. The summed E-state index contributed by atoms with van der Waals surface area (Å²) in [6.07, 6.45) is 6.36. The lowest BCUT2D eigenvalue weighted by Crippen LogP contribution is -2.36. The first-order chi connectivity index (χ1) is 9.63. The van der Waals surface area contributed by atoms with Crippen molar-refractivity contribution in [2.24, 2.45) is 5.73 Å². The van der Waals surface area contributed by atoms with Crippen molar-refractivity contribution in [1.82, 2.24) is 4.90 Å². The van der Waals surface area contributed by atoms with E-state index in [0.717, 1.165) is 6.54 Å². The number of hydrogen-bond acceptors (Lipinski definition) is 2. The Morgan fingerprint density at radius 2 is 2.05 bits per heavy atom. The summed E-state index contributed by atoms with van der Waals surface area (Å²) in [7, 11) is 0. The fourth-order valence-corrected chi connectivity index (χ4v) is 3.21. The lowest BCUT2D eigenvalue weighted by atomic mass is 9.93. The van der Waals surface area contributed by atoms with E-state index in [1.54, 1.807) is 6.07 Å². The molecule has 20 heavy (non-hydrogen) atoms. The first kappa shape index (κ1) is 15.4. The number of hydrogen-bond donors (Lipinski definition) is 1. The van der Waals surface area contributed by atoms with Crippen molar-refractivity contribution in [3.05, 3.63) is 35.1 Å². The van der Waals surface area contributed by atoms with E-state index in [1.165, 1.54) is 32.1 Å². The highest BCUT2D eigenvalue weighted by molar-refractivity contribution is 7.80. The molecule has 0 bridgehead atoms. The van der Waals surface area contributed by atoms with Gasteiger partial charge in [-0.05, 0) is 25.5 Å². The Balaban J connectivity index is 2.14. The number of halogens is 1. The lowest BCUT2D eigenvalue weighted by Gasteiger charge is -2.33. The molecule has 0 aromatic heterocycles. The molecule has 2 N–H and O–H groups in total. The van der Waals surface area contributed by atoms with Crippen LogP contribution in [0.5, 0.6) is 0 Å². The van der Waals surface area contributed by atoms with Gasteiger partial charge in [0.1, 0.15) is 10.8 Å². The van der Waals surface area contributed by atoms with Crippen LogP contribution in [0.3, 0.4) is 0 Å². The molecular formula is C16H23FN2S. The molecule has 0 unspecified atom stereocenters. The topological polar surface area (TPSA) is 29.3 Å². The molecule has 0 saturated heterocycles. The van der Waals surface area contributed by atoms with E-state index in [9.17, 15) is 4.39 Å². The average Bonchev–Trinajstić information content (AvgIpc) is 2.47. The van der Waals surface area contributed by atoms with Crippen LogP contribution in [0, 0.1) is 5.82 Å². The Morgan fingerprint density at radius 3 is 2.65 bits per heavy atom. The van der Waals surface area contributed by atoms with Crippen LogP contribution >= 0.6 is 12.2 Å². The second kappa shape index (κ2) is 7.14. The van der Waals surface area contributed by atoms with Crippen molar-refractivity contribution in [2.75, 3.05) is 6.54 Å². The highest BCUT2D eigenvalue weighted by Crippen LogP contribution is 2.25. The van der Waals surface area contributed by atoms with Crippen LogP contribution in [0.1, 0.15) is 50.2 Å². The van der Waals surface area contributed by atoms with Crippen LogP contribution in [0.25, 0.3) is 0 Å². The molecule has 1 fully saturated rings. The van der Waals surface area contributed by atoms with E-state index in [1.807, 2.05) is 12.1 Å². The molecule has 1 aromatic rings. The molecular weight excluding hydrogens is 271 g/mol. The fraction of sp³-hybridized carbons (Fsp3) is 0.562. The van der Waals surface area contributed by atoms with Crippen LogP contribution in [-0.2, 0) is 6.54 Å². The van der Waals surface area contributed by atoms with Crippen LogP contribution < -0.4 is 5.73 Å². The molecule has 1 saturated carbocycles. The van der Waals surface area contributed by atoms with E-state index in [-0.39, 0.29) is 10.8 Å². The largest absolute Gasteiger partial charge is 0.389 e. The van der Waals surface area contributed by atoms with Gasteiger partial charge in [0, 0.05) is 23.7 Å². The quantitative estimate of drug-likeness (QED) is 0.841. The van der Waals surface area contributed by atoms with Crippen LogP contribution in [-0.4, -0.2) is 22.5 Å². The monoisotopic (exact) mass is 294 g/mol. The molecule has 4 heteroatoms. The van der Waals surface area contributed by atoms with Gasteiger partial charge in [-0.3, -0.25) is 4.90 Å². The van der Waals surface area contributed by atoms with Crippen molar-refractivity contribution in [3.8, 4) is 0 Å². The number of thiocarbonyl (C=S) groups is 1. The first-order valence-corrected chi connectivity index (χ1v) is 7.85. The molecule has 2 rings (SSSR count). The Bertz CT molecular complexity index is 470. The minimum absolute atomic E-state index is 0.130. The molecule has 1 aromatic carbocycles. The van der Waals surface area contributed by atoms with Gasteiger partial charge in [0.05, 0.1) is 0 Å². The number of nitrogens with zero attached hydrogens (tertiary/aromatic N) is 1. The van der Waals surface area contributed by atoms with Crippen molar-refractivity contribution in [2.45, 2.75) is 51.6 Å². The van der Waals surface area contributed by atoms with Gasteiger partial charge in [0.25, 0.3) is 0 Å². The van der Waals surface area contributed by atoms with E-state index < -0.39 is 0 Å². The SMILES string of the molecule is CCN(Cc1cccc(C(N)=S)c1F)C1CCCCC1. The standard InChI is InChI=1S/C16H23FN2S/c1-2-19(13-8-4-3-5-9-13)11-12-7-6-10-14(15(12)17)16(18)20/h6-7,10,13H,2-5,8-9,11H2,1H3,(H2,18,20). The highest BCUT2D eigenvalue weighted by Gasteiger charge is 2.21. The first-order valence-electron chi connectivity index (χ1n) is 7.44. The predicted molar refractivity (Wildman–Crippen MR) is 85.2 cm³/mol. The fourth-order valence-electron chi connectivity index (χ4n) is 3.06. The highest BCUT2D eigenvalue weighted by atomic mass is 32.1. The molecule has 1 aliphatic carbocycles. The van der Waals surface area contributed by atoms with Gasteiger partial charge < -0.3 is 5.73 Å². The zero-order chi connectivity index (χ0) is 14.5. The van der Waals surface area contributed by atoms with Crippen molar-refractivity contribution in [1.29, 1.82) is 0 Å². The summed E-state index contributed by atoms with van der Waals surface area (Å²) in [5, 5.41) is 0. The van der Waals surface area contributed by atoms with Gasteiger partial charge in [0.2, 0.25) is 0 Å². The molecule has 0 aliphatic heterocycles. The minimum atomic E-state index is -0.255. The van der Waals surface area contributed by atoms with Crippen molar-refractivity contribution < 1.29 is 4.39 Å². The van der Waals surface area contributed by atoms with E-state index in [0.29, 0.717) is 23.7 Å². The maximum absolute atomic E-state index is 14.4. The summed E-state index contributed by atoms with van der Waals surface area (Å²) in [6.45, 7) is 3.73. The van der Waals surface area contributed by atoms with Crippen LogP contribution in [0.15, 0.2) is 18.2 Å². The Labute approximate surface area is 126 Å². The predicted octanol–water partition coefficient (Wildman–Crippen LogP) is 3.61. The third kappa shape index (κ3) is 3.55. The molecule has 0 radical (unpaired) electrons. The summed E-state index contributed by atoms with van der Waals surface area (Å²) in [4.78, 5) is 2.51. The normalized spacial score (nSPS) is 16.6. The number of nitrogens with two attached hydrogens (primary N) is 1. The molecule has 0 spiro atoms. The molecule has 0 heterocycles. The molecule has 1 aliphatic rings. The minimum Gasteiger partial charge on any atom is -0.389 e. The summed E-state index contributed by atoms with van der Waals surface area (Å²) < 4.78 is 14.4. The molecule has 2 nitrogen and oxygen atoms in total. The Morgan fingerprint density at radius 1 is 1.35 bits per heavy atom. The second-order valence-electron chi connectivity index (χ2n) is 5.50. The Kier molecular flexibility index (Phi) is 5.49. The third-order valence-electron chi connectivity index (χ3n) is 4.21. The van der Waals surface area contributed by atoms with Gasteiger partial charge in [-0.15, -0.1) is 0 Å². The zero-order valence-corrected chi connectivity index (χ0v) is 12.9. The summed E-state index contributed by atoms with van der Waals surface area (Å²) in [6, 6.07) is 5.91. The summed E-state index contributed by atoms with van der Waals surface area (Å²) >= 11 is 4.90. The Hall–Kier alpha value is -1.00.